The topological polar surface area (TPSA) is 139 Å². The molecule has 0 aliphatic carbocycles. The summed E-state index contributed by atoms with van der Waals surface area (Å²) in [6, 6.07) is 0. The smallest absolute Gasteiger partial charge is 0.332 e. The van der Waals surface area contributed by atoms with E-state index in [1.807, 2.05) is 13.8 Å². The third-order valence-electron chi connectivity index (χ3n) is 2.62. The number of rotatable bonds is 7. The number of hydrazine groups is 1. The number of aryl methyl sites for hydroxylation is 1. The van der Waals surface area contributed by atoms with Crippen molar-refractivity contribution in [3.05, 3.63) is 15.8 Å². The largest absolute Gasteiger partial charge is 0.391 e. The van der Waals surface area contributed by atoms with Crippen molar-refractivity contribution in [2.24, 2.45) is 11.8 Å². The number of anilines is 2. The van der Waals surface area contributed by atoms with E-state index in [-0.39, 0.29) is 29.7 Å². The standard InChI is InChI=1S/C11H20N6O3/c1-6(2)4-8(18)5-13-10-9(17(19)20)7(3)14-11(15-10)16-12/h6,8,18H,4-5,12H2,1-3H3,(H2,13,14,15,16). The van der Waals surface area contributed by atoms with Crippen molar-refractivity contribution in [1.29, 1.82) is 0 Å². The maximum atomic E-state index is 11.0. The van der Waals surface area contributed by atoms with Crippen molar-refractivity contribution in [2.75, 3.05) is 17.3 Å². The van der Waals surface area contributed by atoms with Crippen molar-refractivity contribution in [2.45, 2.75) is 33.3 Å². The second kappa shape index (κ2) is 6.96. The fourth-order valence-corrected chi connectivity index (χ4v) is 1.82. The van der Waals surface area contributed by atoms with Gasteiger partial charge in [-0.2, -0.15) is 4.98 Å². The minimum absolute atomic E-state index is 0.0401. The lowest BCUT2D eigenvalue weighted by Crippen LogP contribution is -2.23. The number of aliphatic hydroxyl groups is 1. The molecule has 0 aliphatic rings. The van der Waals surface area contributed by atoms with Gasteiger partial charge in [0.05, 0.1) is 11.0 Å². The Morgan fingerprint density at radius 1 is 1.45 bits per heavy atom. The van der Waals surface area contributed by atoms with E-state index < -0.39 is 11.0 Å². The molecule has 0 amide bonds. The summed E-state index contributed by atoms with van der Waals surface area (Å²) in [4.78, 5) is 18.2. The van der Waals surface area contributed by atoms with Crippen molar-refractivity contribution in [3.63, 3.8) is 0 Å². The molecule has 0 fully saturated rings. The lowest BCUT2D eigenvalue weighted by Gasteiger charge is -2.15. The quantitative estimate of drug-likeness (QED) is 0.327. The summed E-state index contributed by atoms with van der Waals surface area (Å²) in [5.74, 6) is 5.66. The Morgan fingerprint density at radius 2 is 2.10 bits per heavy atom. The molecular weight excluding hydrogens is 264 g/mol. The Labute approximate surface area is 116 Å². The zero-order valence-corrected chi connectivity index (χ0v) is 11.8. The van der Waals surface area contributed by atoms with Gasteiger partial charge in [-0.05, 0) is 19.3 Å². The molecule has 9 nitrogen and oxygen atoms in total. The molecule has 0 radical (unpaired) electrons. The SMILES string of the molecule is Cc1nc(NN)nc(NCC(O)CC(C)C)c1[N+](=O)[O-]. The minimum atomic E-state index is -0.612. The van der Waals surface area contributed by atoms with Crippen LogP contribution in [-0.2, 0) is 0 Å². The molecule has 1 atom stereocenters. The molecule has 0 saturated carbocycles. The zero-order chi connectivity index (χ0) is 15.3. The molecule has 1 aromatic rings. The predicted molar refractivity (Wildman–Crippen MR) is 75.2 cm³/mol. The van der Waals surface area contributed by atoms with E-state index in [1.165, 1.54) is 6.92 Å². The second-order valence-corrected chi connectivity index (χ2v) is 4.90. The van der Waals surface area contributed by atoms with Gasteiger partial charge < -0.3 is 10.4 Å². The van der Waals surface area contributed by atoms with Crippen LogP contribution in [0.3, 0.4) is 0 Å². The first kappa shape index (κ1) is 16.1. The van der Waals surface area contributed by atoms with Crippen LogP contribution in [0.1, 0.15) is 26.0 Å². The predicted octanol–water partition coefficient (Wildman–Crippen LogP) is 0.798. The fourth-order valence-electron chi connectivity index (χ4n) is 1.82. The average molecular weight is 284 g/mol. The lowest BCUT2D eigenvalue weighted by atomic mass is 10.1. The summed E-state index contributed by atoms with van der Waals surface area (Å²) in [6.07, 6.45) is -0.0217. The van der Waals surface area contributed by atoms with Gasteiger partial charge in [-0.1, -0.05) is 13.8 Å². The number of aliphatic hydroxyl groups excluding tert-OH is 1. The van der Waals surface area contributed by atoms with Crippen molar-refractivity contribution in [3.8, 4) is 0 Å². The van der Waals surface area contributed by atoms with Crippen LogP contribution in [0.25, 0.3) is 0 Å². The van der Waals surface area contributed by atoms with Crippen molar-refractivity contribution in [1.82, 2.24) is 9.97 Å². The normalized spacial score (nSPS) is 12.3. The fraction of sp³-hybridized carbons (Fsp3) is 0.636. The van der Waals surface area contributed by atoms with E-state index in [4.69, 9.17) is 5.84 Å². The Kier molecular flexibility index (Phi) is 5.59. The van der Waals surface area contributed by atoms with Crippen molar-refractivity contribution >= 4 is 17.5 Å². The molecule has 20 heavy (non-hydrogen) atoms. The maximum absolute atomic E-state index is 11.0. The van der Waals surface area contributed by atoms with Gasteiger partial charge in [0.2, 0.25) is 11.8 Å². The summed E-state index contributed by atoms with van der Waals surface area (Å²) < 4.78 is 0. The highest BCUT2D eigenvalue weighted by molar-refractivity contribution is 5.60. The van der Waals surface area contributed by atoms with Gasteiger partial charge in [0.15, 0.2) is 0 Å². The molecule has 0 aliphatic heterocycles. The molecular formula is C11H20N6O3. The monoisotopic (exact) mass is 284 g/mol. The third-order valence-corrected chi connectivity index (χ3v) is 2.62. The van der Waals surface area contributed by atoms with Gasteiger partial charge in [-0.3, -0.25) is 15.5 Å². The Bertz CT molecular complexity index is 479. The molecule has 1 unspecified atom stereocenters. The van der Waals surface area contributed by atoms with Crippen LogP contribution in [-0.4, -0.2) is 32.6 Å². The van der Waals surface area contributed by atoms with Crippen LogP contribution in [0, 0.1) is 23.0 Å². The molecule has 0 aromatic carbocycles. The number of nitrogen functional groups attached to an aromatic ring is 1. The van der Waals surface area contributed by atoms with Gasteiger partial charge in [-0.25, -0.2) is 10.8 Å². The second-order valence-electron chi connectivity index (χ2n) is 4.90. The molecule has 9 heteroatoms. The molecule has 1 aromatic heterocycles. The van der Waals surface area contributed by atoms with Crippen LogP contribution in [0.15, 0.2) is 0 Å². The highest BCUT2D eigenvalue weighted by atomic mass is 16.6. The summed E-state index contributed by atoms with van der Waals surface area (Å²) >= 11 is 0. The number of nitro groups is 1. The van der Waals surface area contributed by atoms with Crippen LogP contribution in [0.2, 0.25) is 0 Å². The summed E-state index contributed by atoms with van der Waals surface area (Å²) in [6.45, 7) is 5.63. The summed E-state index contributed by atoms with van der Waals surface area (Å²) in [5.41, 5.74) is 2.22. The Morgan fingerprint density at radius 3 is 2.60 bits per heavy atom. The van der Waals surface area contributed by atoms with Gasteiger partial charge in [-0.15, -0.1) is 0 Å². The molecule has 112 valence electrons. The van der Waals surface area contributed by atoms with Crippen molar-refractivity contribution < 1.29 is 10.0 Å². The van der Waals surface area contributed by atoms with E-state index in [0.717, 1.165) is 0 Å². The van der Waals surface area contributed by atoms with Gasteiger partial charge in [0, 0.05) is 6.54 Å². The molecule has 0 bridgehead atoms. The zero-order valence-electron chi connectivity index (χ0n) is 11.8. The Hall–Kier alpha value is -2.00. The first-order chi connectivity index (χ1) is 9.35. The van der Waals surface area contributed by atoms with Crippen LogP contribution < -0.4 is 16.6 Å². The first-order valence-electron chi connectivity index (χ1n) is 6.26. The van der Waals surface area contributed by atoms with E-state index in [0.29, 0.717) is 12.3 Å². The van der Waals surface area contributed by atoms with Gasteiger partial charge in [0.1, 0.15) is 5.69 Å². The highest BCUT2D eigenvalue weighted by Crippen LogP contribution is 2.26. The lowest BCUT2D eigenvalue weighted by molar-refractivity contribution is -0.385. The molecule has 0 spiro atoms. The van der Waals surface area contributed by atoms with Gasteiger partial charge >= 0.3 is 5.69 Å². The Balaban J connectivity index is 2.92. The van der Waals surface area contributed by atoms with E-state index >= 15 is 0 Å². The number of aromatic nitrogens is 2. The summed E-state index contributed by atoms with van der Waals surface area (Å²) in [7, 11) is 0. The number of nitrogens with zero attached hydrogens (tertiary/aromatic N) is 3. The van der Waals surface area contributed by atoms with Crippen LogP contribution >= 0.6 is 0 Å². The van der Waals surface area contributed by atoms with E-state index in [1.54, 1.807) is 0 Å². The molecule has 5 N–H and O–H groups in total. The summed E-state index contributed by atoms with van der Waals surface area (Å²) in [5, 5.41) is 23.6. The van der Waals surface area contributed by atoms with E-state index in [9.17, 15) is 15.2 Å². The number of nitrogens with two attached hydrogens (primary N) is 1. The number of nitrogens with one attached hydrogen (secondary N) is 2. The highest BCUT2D eigenvalue weighted by Gasteiger charge is 2.22. The van der Waals surface area contributed by atoms with E-state index in [2.05, 4.69) is 20.7 Å². The number of hydrogen-bond donors (Lipinski definition) is 4. The molecule has 1 rings (SSSR count). The van der Waals surface area contributed by atoms with Crippen LogP contribution in [0.4, 0.5) is 17.5 Å². The minimum Gasteiger partial charge on any atom is -0.391 e. The third kappa shape index (κ3) is 4.28. The average Bonchev–Trinajstić information content (AvgIpc) is 2.34. The number of hydrogen-bond acceptors (Lipinski definition) is 8. The first-order valence-corrected chi connectivity index (χ1v) is 6.26. The van der Waals surface area contributed by atoms with Gasteiger partial charge in [0.25, 0.3) is 0 Å². The molecule has 1 heterocycles. The van der Waals surface area contributed by atoms with Crippen LogP contribution in [0.5, 0.6) is 0 Å². The maximum Gasteiger partial charge on any atom is 0.332 e. The molecule has 0 saturated heterocycles.